The topological polar surface area (TPSA) is 55.4 Å². The molecule has 0 saturated carbocycles. The second kappa shape index (κ2) is 6.89. The van der Waals surface area contributed by atoms with Gasteiger partial charge in [0.1, 0.15) is 5.60 Å². The SMILES string of the molecule is C=CCC(=O)[C@@H](CC=C)NC(=O)OC(C)(C)C. The van der Waals surface area contributed by atoms with E-state index in [4.69, 9.17) is 4.74 Å². The fourth-order valence-corrected chi connectivity index (χ4v) is 1.17. The molecule has 0 bridgehead atoms. The molecular weight excluding hydrogens is 218 g/mol. The van der Waals surface area contributed by atoms with Crippen molar-refractivity contribution in [3.63, 3.8) is 0 Å². The van der Waals surface area contributed by atoms with Gasteiger partial charge < -0.3 is 10.1 Å². The van der Waals surface area contributed by atoms with E-state index in [1.807, 2.05) is 0 Å². The summed E-state index contributed by atoms with van der Waals surface area (Å²) in [6, 6.07) is -0.597. The molecule has 0 saturated heterocycles. The quantitative estimate of drug-likeness (QED) is 0.725. The average molecular weight is 239 g/mol. The highest BCUT2D eigenvalue weighted by Crippen LogP contribution is 2.08. The van der Waals surface area contributed by atoms with E-state index < -0.39 is 17.7 Å². The molecule has 0 aromatic carbocycles. The van der Waals surface area contributed by atoms with Crippen LogP contribution in [0.3, 0.4) is 0 Å². The van der Waals surface area contributed by atoms with Crippen molar-refractivity contribution in [2.45, 2.75) is 45.3 Å². The summed E-state index contributed by atoms with van der Waals surface area (Å²) in [4.78, 5) is 23.2. The highest BCUT2D eigenvalue weighted by atomic mass is 16.6. The molecule has 0 aliphatic carbocycles. The minimum Gasteiger partial charge on any atom is -0.444 e. The molecule has 0 unspecified atom stereocenters. The Hall–Kier alpha value is -1.58. The summed E-state index contributed by atoms with van der Waals surface area (Å²) in [5.41, 5.74) is -0.579. The molecule has 0 spiro atoms. The maximum Gasteiger partial charge on any atom is 0.408 e. The van der Waals surface area contributed by atoms with Crippen LogP contribution >= 0.6 is 0 Å². The van der Waals surface area contributed by atoms with Crippen LogP contribution in [0.5, 0.6) is 0 Å². The standard InChI is InChI=1S/C13H21NO3/c1-6-8-10(11(15)9-7-2)14-12(16)17-13(3,4)5/h6-7,10H,1-2,8-9H2,3-5H3,(H,14,16)/t10-/m1/s1. The normalized spacial score (nSPS) is 12.4. The summed E-state index contributed by atoms with van der Waals surface area (Å²) < 4.78 is 5.08. The second-order valence-electron chi connectivity index (χ2n) is 4.68. The first kappa shape index (κ1) is 15.4. The van der Waals surface area contributed by atoms with E-state index in [-0.39, 0.29) is 12.2 Å². The minimum absolute atomic E-state index is 0.106. The Kier molecular flexibility index (Phi) is 6.25. The summed E-state index contributed by atoms with van der Waals surface area (Å²) >= 11 is 0. The first-order valence-corrected chi connectivity index (χ1v) is 5.54. The largest absolute Gasteiger partial charge is 0.444 e. The zero-order chi connectivity index (χ0) is 13.5. The first-order chi connectivity index (χ1) is 7.80. The number of amides is 1. The number of allylic oxidation sites excluding steroid dienone is 1. The highest BCUT2D eigenvalue weighted by Gasteiger charge is 2.22. The van der Waals surface area contributed by atoms with E-state index in [2.05, 4.69) is 18.5 Å². The maximum atomic E-state index is 11.6. The zero-order valence-electron chi connectivity index (χ0n) is 10.8. The van der Waals surface area contributed by atoms with Gasteiger partial charge in [-0.2, -0.15) is 0 Å². The van der Waals surface area contributed by atoms with Crippen LogP contribution in [0, 0.1) is 0 Å². The summed E-state index contributed by atoms with van der Waals surface area (Å²) in [6.07, 6.45) is 3.10. The molecule has 4 heteroatoms. The van der Waals surface area contributed by atoms with Gasteiger partial charge in [-0.15, -0.1) is 13.2 Å². The van der Waals surface area contributed by atoms with Gasteiger partial charge in [0, 0.05) is 6.42 Å². The van der Waals surface area contributed by atoms with E-state index in [1.54, 1.807) is 26.8 Å². The van der Waals surface area contributed by atoms with Crippen LogP contribution in [0.2, 0.25) is 0 Å². The Morgan fingerprint density at radius 2 is 1.88 bits per heavy atom. The van der Waals surface area contributed by atoms with Gasteiger partial charge in [-0.3, -0.25) is 4.79 Å². The number of hydrogen-bond acceptors (Lipinski definition) is 3. The van der Waals surface area contributed by atoms with Gasteiger partial charge in [-0.25, -0.2) is 4.79 Å². The van der Waals surface area contributed by atoms with Crippen molar-refractivity contribution in [2.24, 2.45) is 0 Å². The highest BCUT2D eigenvalue weighted by molar-refractivity contribution is 5.88. The summed E-state index contributed by atoms with van der Waals surface area (Å²) in [5, 5.41) is 2.53. The van der Waals surface area contributed by atoms with Crippen molar-refractivity contribution in [1.29, 1.82) is 0 Å². The van der Waals surface area contributed by atoms with Crippen molar-refractivity contribution < 1.29 is 14.3 Å². The lowest BCUT2D eigenvalue weighted by molar-refractivity contribution is -0.120. The zero-order valence-corrected chi connectivity index (χ0v) is 10.8. The van der Waals surface area contributed by atoms with Crippen molar-refractivity contribution in [3.8, 4) is 0 Å². The number of carbonyl (C=O) groups excluding carboxylic acids is 2. The summed E-state index contributed by atoms with van der Waals surface area (Å²) in [5.74, 6) is -0.106. The van der Waals surface area contributed by atoms with E-state index >= 15 is 0 Å². The number of Topliss-reactive ketones (excluding diaryl/α,β-unsaturated/α-hetero) is 1. The van der Waals surface area contributed by atoms with Gasteiger partial charge >= 0.3 is 6.09 Å². The number of alkyl carbamates (subject to hydrolysis) is 1. The number of carbonyl (C=O) groups is 2. The Bertz CT molecular complexity index is 302. The third-order valence-corrected chi connectivity index (χ3v) is 1.83. The van der Waals surface area contributed by atoms with Crippen molar-refractivity contribution in [3.05, 3.63) is 25.3 Å². The van der Waals surface area contributed by atoms with E-state index in [9.17, 15) is 9.59 Å². The van der Waals surface area contributed by atoms with Gasteiger partial charge in [-0.1, -0.05) is 12.2 Å². The molecule has 1 N–H and O–H groups in total. The minimum atomic E-state index is -0.597. The summed E-state index contributed by atoms with van der Waals surface area (Å²) in [6.45, 7) is 12.3. The number of ether oxygens (including phenoxy) is 1. The lowest BCUT2D eigenvalue weighted by Crippen LogP contribution is -2.43. The van der Waals surface area contributed by atoms with Crippen molar-refractivity contribution >= 4 is 11.9 Å². The Balaban J connectivity index is 4.43. The molecule has 0 fully saturated rings. The molecule has 0 radical (unpaired) electrons. The van der Waals surface area contributed by atoms with Crippen LogP contribution in [-0.2, 0) is 9.53 Å². The molecule has 17 heavy (non-hydrogen) atoms. The number of nitrogens with one attached hydrogen (secondary N) is 1. The van der Waals surface area contributed by atoms with Gasteiger partial charge in [-0.05, 0) is 27.2 Å². The number of ketones is 1. The molecule has 0 aromatic heterocycles. The molecule has 0 heterocycles. The number of hydrogen-bond donors (Lipinski definition) is 1. The molecule has 0 aromatic rings. The predicted molar refractivity (Wildman–Crippen MR) is 67.8 cm³/mol. The molecule has 1 amide bonds. The van der Waals surface area contributed by atoms with Crippen LogP contribution in [0.4, 0.5) is 4.79 Å². The molecule has 0 rings (SSSR count). The second-order valence-corrected chi connectivity index (χ2v) is 4.68. The first-order valence-electron chi connectivity index (χ1n) is 5.54. The fourth-order valence-electron chi connectivity index (χ4n) is 1.17. The average Bonchev–Trinajstić information content (AvgIpc) is 2.14. The van der Waals surface area contributed by atoms with Crippen molar-refractivity contribution in [2.75, 3.05) is 0 Å². The predicted octanol–water partition coefficient (Wildman–Crippen LogP) is 2.60. The van der Waals surface area contributed by atoms with Gasteiger partial charge in [0.25, 0.3) is 0 Å². The van der Waals surface area contributed by atoms with Gasteiger partial charge in [0.15, 0.2) is 5.78 Å². The molecule has 0 aliphatic heterocycles. The van der Waals surface area contributed by atoms with E-state index in [0.717, 1.165) is 0 Å². The summed E-state index contributed by atoms with van der Waals surface area (Å²) in [7, 11) is 0. The van der Waals surface area contributed by atoms with Crippen LogP contribution in [0.1, 0.15) is 33.6 Å². The number of rotatable bonds is 6. The monoisotopic (exact) mass is 239 g/mol. The molecule has 4 nitrogen and oxygen atoms in total. The van der Waals surface area contributed by atoms with E-state index in [1.165, 1.54) is 6.08 Å². The lowest BCUT2D eigenvalue weighted by Gasteiger charge is -2.22. The Morgan fingerprint density at radius 3 is 2.29 bits per heavy atom. The van der Waals surface area contributed by atoms with Crippen molar-refractivity contribution in [1.82, 2.24) is 5.32 Å². The maximum absolute atomic E-state index is 11.6. The molecule has 0 aliphatic rings. The van der Waals surface area contributed by atoms with Gasteiger partial charge in [0.2, 0.25) is 0 Å². The van der Waals surface area contributed by atoms with Crippen LogP contribution in [0.25, 0.3) is 0 Å². The molecule has 1 atom stereocenters. The van der Waals surface area contributed by atoms with Crippen LogP contribution in [0.15, 0.2) is 25.3 Å². The fraction of sp³-hybridized carbons (Fsp3) is 0.538. The lowest BCUT2D eigenvalue weighted by atomic mass is 10.1. The Labute approximate surface area is 103 Å². The molecule has 96 valence electrons. The third-order valence-electron chi connectivity index (χ3n) is 1.83. The van der Waals surface area contributed by atoms with Gasteiger partial charge in [0.05, 0.1) is 6.04 Å². The Morgan fingerprint density at radius 1 is 1.29 bits per heavy atom. The molecular formula is C13H21NO3. The smallest absolute Gasteiger partial charge is 0.408 e. The third kappa shape index (κ3) is 7.33. The van der Waals surface area contributed by atoms with E-state index in [0.29, 0.717) is 6.42 Å². The van der Waals surface area contributed by atoms with Crippen LogP contribution < -0.4 is 5.32 Å². The van der Waals surface area contributed by atoms with Crippen LogP contribution in [-0.4, -0.2) is 23.5 Å².